The van der Waals surface area contributed by atoms with Crippen LogP contribution in [0.2, 0.25) is 0 Å². The Morgan fingerprint density at radius 1 is 0.396 bits per heavy atom. The summed E-state index contributed by atoms with van der Waals surface area (Å²) in [5.41, 5.74) is -2.83. The van der Waals surface area contributed by atoms with Gasteiger partial charge in [-0.2, -0.15) is 0 Å². The molecule has 1 aliphatic rings. The number of nitro benzene ring substituents is 4. The van der Waals surface area contributed by atoms with Crippen molar-refractivity contribution in [3.05, 3.63) is 113 Å². The molecule has 0 aliphatic carbocycles. The molecule has 248 valence electrons. The molecular formula is C24H16As4N4O16. The minimum atomic E-state index is -3.58. The zero-order valence-corrected chi connectivity index (χ0v) is 30.7. The van der Waals surface area contributed by atoms with Gasteiger partial charge in [-0.05, 0) is 0 Å². The van der Waals surface area contributed by atoms with Gasteiger partial charge in [0.2, 0.25) is 0 Å². The van der Waals surface area contributed by atoms with E-state index in [1.165, 1.54) is 24.3 Å². The Labute approximate surface area is 287 Å². The summed E-state index contributed by atoms with van der Waals surface area (Å²) in [5.74, 6) is -2.70. The van der Waals surface area contributed by atoms with Crippen molar-refractivity contribution < 1.29 is 51.0 Å². The second-order valence-corrected chi connectivity index (χ2v) is 26.2. The van der Waals surface area contributed by atoms with Crippen molar-refractivity contribution in [3.8, 4) is 23.0 Å². The van der Waals surface area contributed by atoms with Crippen LogP contribution in [-0.2, 0) is 10.9 Å². The van der Waals surface area contributed by atoms with Gasteiger partial charge in [0.05, 0.1) is 0 Å². The second-order valence-electron chi connectivity index (χ2n) is 9.08. The summed E-state index contributed by atoms with van der Waals surface area (Å²) in [5, 5.41) is 86.7. The molecule has 1 saturated heterocycles. The van der Waals surface area contributed by atoms with E-state index in [4.69, 9.17) is 10.9 Å². The molecule has 1 fully saturated rings. The molecule has 0 spiro atoms. The van der Waals surface area contributed by atoms with Crippen LogP contribution in [0.4, 0.5) is 22.7 Å². The number of aromatic hydroxyl groups is 4. The average molecular weight is 916 g/mol. The van der Waals surface area contributed by atoms with Crippen molar-refractivity contribution in [1.82, 2.24) is 0 Å². The predicted molar refractivity (Wildman–Crippen MR) is 165 cm³/mol. The number of rotatable bonds is 8. The summed E-state index contributed by atoms with van der Waals surface area (Å²) in [6, 6.07) is 13.2. The Balaban J connectivity index is 1.70. The summed E-state index contributed by atoms with van der Waals surface area (Å²) >= 11 is -14.3. The Morgan fingerprint density at radius 2 is 0.583 bits per heavy atom. The Hall–Kier alpha value is -4.25. The first-order valence-electron chi connectivity index (χ1n) is 12.6. The molecule has 0 radical (unpaired) electrons. The molecule has 4 aromatic carbocycles. The SMILES string of the molecule is O=[N+]([O-])c1cc([As]2O[As](c3ccc(O)c([N+](=O)[O-])c3)O[As](c3ccc(O)c([N+](=O)[O-])c3)O[As](c3ccc(O)c([N+](=O)[O-])c3)O2)ccc1O. The van der Waals surface area contributed by atoms with E-state index < -0.39 is 127 Å². The molecule has 48 heavy (non-hydrogen) atoms. The van der Waals surface area contributed by atoms with Crippen LogP contribution in [0, 0.1) is 40.5 Å². The molecule has 0 amide bonds. The van der Waals surface area contributed by atoms with Gasteiger partial charge in [0.25, 0.3) is 0 Å². The van der Waals surface area contributed by atoms with E-state index in [2.05, 4.69) is 0 Å². The number of nitro groups is 4. The van der Waals surface area contributed by atoms with Crippen LogP contribution in [0.25, 0.3) is 0 Å². The number of benzene rings is 4. The predicted octanol–water partition coefficient (Wildman–Crippen LogP) is 0.103. The molecule has 0 aromatic heterocycles. The van der Waals surface area contributed by atoms with E-state index >= 15 is 0 Å². The summed E-state index contributed by atoms with van der Waals surface area (Å²) in [7, 11) is 0. The van der Waals surface area contributed by atoms with Crippen LogP contribution in [0.1, 0.15) is 0 Å². The quantitative estimate of drug-likeness (QED) is 0.104. The molecule has 4 N–H and O–H groups in total. The molecule has 0 saturated carbocycles. The number of hydrogen-bond acceptors (Lipinski definition) is 16. The average Bonchev–Trinajstić information content (AvgIpc) is 3.02. The fraction of sp³-hybridized carbons (Fsp3) is 0. The van der Waals surface area contributed by atoms with Gasteiger partial charge in [-0.1, -0.05) is 0 Å². The number of hydrogen-bond donors (Lipinski definition) is 4. The van der Waals surface area contributed by atoms with E-state index in [9.17, 15) is 60.9 Å². The third-order valence-electron chi connectivity index (χ3n) is 6.06. The van der Waals surface area contributed by atoms with Crippen LogP contribution in [-0.4, -0.2) is 101 Å². The van der Waals surface area contributed by atoms with Crippen molar-refractivity contribution in [3.63, 3.8) is 0 Å². The monoisotopic (exact) mass is 916 g/mol. The third kappa shape index (κ3) is 7.56. The molecule has 20 nitrogen and oxygen atoms in total. The standard InChI is InChI=1S/C24H16As4N4O16/c33-21-5-1-13(9-17(21)29(37)38)25-45-26(14-2-6-22(34)18(10-14)30(39)40)47-28(16-4-8-24(36)20(12-16)32(43)44)48-27(46-25)15-3-7-23(35)19(11-15)31(41)42/h1-12,33-36H. The maximum absolute atomic E-state index is 11.6. The molecule has 0 atom stereocenters. The van der Waals surface area contributed by atoms with Gasteiger partial charge in [-0.15, -0.1) is 0 Å². The zero-order chi connectivity index (χ0) is 34.9. The second kappa shape index (κ2) is 14.5. The Morgan fingerprint density at radius 3 is 0.750 bits per heavy atom. The van der Waals surface area contributed by atoms with Gasteiger partial charge >= 0.3 is 289 Å². The van der Waals surface area contributed by atoms with Gasteiger partial charge in [-0.25, -0.2) is 0 Å². The third-order valence-corrected chi connectivity index (χ3v) is 27.4. The summed E-state index contributed by atoms with van der Waals surface area (Å²) in [6.07, 6.45) is 0. The van der Waals surface area contributed by atoms with Gasteiger partial charge in [-0.3, -0.25) is 0 Å². The van der Waals surface area contributed by atoms with Crippen molar-refractivity contribution in [2.45, 2.75) is 0 Å². The van der Waals surface area contributed by atoms with Crippen LogP contribution in [0.15, 0.2) is 72.8 Å². The summed E-state index contributed by atoms with van der Waals surface area (Å²) < 4.78 is 25.9. The van der Waals surface area contributed by atoms with Gasteiger partial charge in [0, 0.05) is 0 Å². The molecule has 1 aliphatic heterocycles. The van der Waals surface area contributed by atoms with Crippen molar-refractivity contribution in [2.75, 3.05) is 0 Å². The molecule has 5 rings (SSSR count). The summed E-state index contributed by atoms with van der Waals surface area (Å²) in [6.45, 7) is 0. The number of phenolic OH excluding ortho intramolecular Hbond substituents is 4. The molecule has 4 aromatic rings. The molecule has 24 heteroatoms. The topological polar surface area (TPSA) is 290 Å². The van der Waals surface area contributed by atoms with Crippen LogP contribution in [0.3, 0.4) is 0 Å². The number of phenols is 4. The van der Waals surface area contributed by atoms with Gasteiger partial charge in [0.1, 0.15) is 0 Å². The Bertz CT molecular complexity index is 1680. The van der Waals surface area contributed by atoms with Crippen molar-refractivity contribution in [1.29, 1.82) is 0 Å². The van der Waals surface area contributed by atoms with Crippen LogP contribution >= 0.6 is 0 Å². The van der Waals surface area contributed by atoms with Crippen LogP contribution in [0.5, 0.6) is 23.0 Å². The van der Waals surface area contributed by atoms with Gasteiger partial charge in [0.15, 0.2) is 0 Å². The summed E-state index contributed by atoms with van der Waals surface area (Å²) in [4.78, 5) is 43.1. The molecular weight excluding hydrogens is 900 g/mol. The van der Waals surface area contributed by atoms with E-state index in [0.29, 0.717) is 0 Å². The first kappa shape index (κ1) is 35.1. The molecule has 1 heterocycles. The maximum atomic E-state index is 11.6. The molecule has 0 unspecified atom stereocenters. The van der Waals surface area contributed by atoms with Crippen molar-refractivity contribution in [2.24, 2.45) is 0 Å². The molecule has 0 bridgehead atoms. The fourth-order valence-electron chi connectivity index (χ4n) is 3.79. The minimum absolute atomic E-state index is 0.0840. The van der Waals surface area contributed by atoms with E-state index in [0.717, 1.165) is 48.5 Å². The fourth-order valence-corrected chi connectivity index (χ4v) is 32.5. The van der Waals surface area contributed by atoms with E-state index in [1.807, 2.05) is 0 Å². The van der Waals surface area contributed by atoms with E-state index in [1.54, 1.807) is 0 Å². The van der Waals surface area contributed by atoms with Gasteiger partial charge < -0.3 is 0 Å². The van der Waals surface area contributed by atoms with Crippen LogP contribution < -0.4 is 17.4 Å². The number of nitrogens with zero attached hydrogens (tertiary/aromatic N) is 4. The first-order chi connectivity index (χ1) is 22.7. The normalized spacial score (nSPS) is 19.5. The van der Waals surface area contributed by atoms with E-state index in [-0.39, 0.29) is 17.4 Å². The Kier molecular flexibility index (Phi) is 10.6. The van der Waals surface area contributed by atoms with Crippen molar-refractivity contribution >= 4 is 101 Å². The zero-order valence-electron chi connectivity index (χ0n) is 23.2. The first-order valence-corrected chi connectivity index (χ1v) is 22.4.